The molecular weight excluding hydrogens is 370 g/mol. The first-order chi connectivity index (χ1) is 0. The van der Waals surface area contributed by atoms with Gasteiger partial charge in [0.1, 0.15) is 0 Å². The summed E-state index contributed by atoms with van der Waals surface area (Å²) in [6, 6.07) is 0. The summed E-state index contributed by atoms with van der Waals surface area (Å²) < 4.78 is 0. The third-order valence-corrected chi connectivity index (χ3v) is 0. The van der Waals surface area contributed by atoms with Crippen LogP contribution in [0.3, 0.4) is 0 Å². The zero-order valence-corrected chi connectivity index (χ0v) is 8.12. The monoisotopic (exact) mass is 370 g/mol. The van der Waals surface area contributed by atoms with E-state index < -0.39 is 0 Å². The smallest absolute Gasteiger partial charge is 2.00 e. The quantitative estimate of drug-likeness (QED) is 0.532. The first-order valence-corrected chi connectivity index (χ1v) is 0. The van der Waals surface area contributed by atoms with Gasteiger partial charge in [-0.1, -0.05) is 0 Å². The fraction of sp³-hybridized carbons (Fsp3) is 0. The Bertz CT molecular complexity index is 11.6. The molecule has 0 bridgehead atoms. The molecule has 0 aromatic rings. The van der Waals surface area contributed by atoms with E-state index in [4.69, 9.17) is 0 Å². The van der Waals surface area contributed by atoms with E-state index in [1.54, 1.807) is 0 Å². The van der Waals surface area contributed by atoms with Crippen molar-refractivity contribution in [3.8, 4) is 0 Å². The molecule has 5 heteroatoms. The van der Waals surface area contributed by atoms with Gasteiger partial charge in [0, 0.05) is 0 Å². The van der Waals surface area contributed by atoms with Crippen molar-refractivity contribution in [2.24, 2.45) is 0 Å². The van der Waals surface area contributed by atoms with Gasteiger partial charge in [0.05, 0.1) is 0 Å². The van der Waals surface area contributed by atoms with Crippen LogP contribution in [0.15, 0.2) is 0 Å². The number of rotatable bonds is 0. The zero-order chi connectivity index (χ0) is 0. The standard InChI is InChI=1S/Co.Cr.O.Pt.Ti/q+2;+3;-2;+2;+4. The summed E-state index contributed by atoms with van der Waals surface area (Å²) in [4.78, 5) is 0. The van der Waals surface area contributed by atoms with Crippen molar-refractivity contribution < 1.29 is 82.4 Å². The Morgan fingerprint density at radius 2 is 1.00 bits per heavy atom. The second-order valence-corrected chi connectivity index (χ2v) is 0. The van der Waals surface area contributed by atoms with Crippen LogP contribution in [0.2, 0.25) is 0 Å². The predicted octanol–water partition coefficient (Wildman–Crippen LogP) is -0.129. The molecule has 0 saturated carbocycles. The minimum Gasteiger partial charge on any atom is -2.00 e. The molecule has 0 unspecified atom stereocenters. The van der Waals surface area contributed by atoms with E-state index in [9.17, 15) is 0 Å². The largest absolute Gasteiger partial charge is 4.00 e. The van der Waals surface area contributed by atoms with E-state index in [1.807, 2.05) is 0 Å². The van der Waals surface area contributed by atoms with Crippen molar-refractivity contribution in [2.75, 3.05) is 0 Å². The van der Waals surface area contributed by atoms with Crippen molar-refractivity contribution in [1.82, 2.24) is 0 Å². The van der Waals surface area contributed by atoms with Crippen LogP contribution in [-0.4, -0.2) is 0 Å². The second kappa shape index (κ2) is 32.4. The molecule has 0 aromatic heterocycles. The van der Waals surface area contributed by atoms with Gasteiger partial charge in [0.2, 0.25) is 0 Å². The third-order valence-electron chi connectivity index (χ3n) is 0. The van der Waals surface area contributed by atoms with E-state index in [0.717, 1.165) is 0 Å². The number of hydrogen-bond acceptors (Lipinski definition) is 0. The van der Waals surface area contributed by atoms with Gasteiger partial charge < -0.3 is 5.48 Å². The van der Waals surface area contributed by atoms with Crippen molar-refractivity contribution >= 4 is 0 Å². The SMILES string of the molecule is [Co+2].[Cr+3].[O-2].[Pt+2].[Ti+4]. The Morgan fingerprint density at radius 3 is 1.00 bits per heavy atom. The number of hydrogen-bond donors (Lipinski definition) is 0. The van der Waals surface area contributed by atoms with E-state index in [0.29, 0.717) is 0 Å². The summed E-state index contributed by atoms with van der Waals surface area (Å²) in [7, 11) is 0. The average molecular weight is 370 g/mol. The molecule has 0 aliphatic heterocycles. The van der Waals surface area contributed by atoms with Crippen LogP contribution in [0, 0.1) is 0 Å². The first-order valence-electron chi connectivity index (χ1n) is 0. The van der Waals surface area contributed by atoms with Crippen LogP contribution in [0.1, 0.15) is 0 Å². The maximum Gasteiger partial charge on any atom is 4.00 e. The van der Waals surface area contributed by atoms with Gasteiger partial charge in [0.15, 0.2) is 0 Å². The van der Waals surface area contributed by atoms with Crippen LogP contribution in [0.25, 0.3) is 0 Å². The van der Waals surface area contributed by atoms with Gasteiger partial charge >= 0.3 is 76.9 Å². The minimum atomic E-state index is 0. The molecule has 5 heavy (non-hydrogen) atoms. The van der Waals surface area contributed by atoms with E-state index in [1.165, 1.54) is 0 Å². The summed E-state index contributed by atoms with van der Waals surface area (Å²) in [5.74, 6) is 0. The van der Waals surface area contributed by atoms with Gasteiger partial charge in [-0.3, -0.25) is 0 Å². The molecule has 0 aliphatic rings. The van der Waals surface area contributed by atoms with Gasteiger partial charge in [-0.2, -0.15) is 0 Å². The van der Waals surface area contributed by atoms with Crippen LogP contribution in [0.4, 0.5) is 0 Å². The Kier molecular flexibility index (Phi) is 341. The summed E-state index contributed by atoms with van der Waals surface area (Å²) in [6.07, 6.45) is 0. The first kappa shape index (κ1) is 52.6. The van der Waals surface area contributed by atoms with E-state index in [2.05, 4.69) is 0 Å². The molecule has 0 saturated heterocycles. The van der Waals surface area contributed by atoms with Crippen LogP contribution in [0.5, 0.6) is 0 Å². The van der Waals surface area contributed by atoms with Gasteiger partial charge in [-0.05, 0) is 0 Å². The van der Waals surface area contributed by atoms with Crippen LogP contribution in [-0.2, 0) is 82.4 Å². The molecule has 1 nitrogen and oxygen atoms in total. The topological polar surface area (TPSA) is 28.5 Å². The van der Waals surface area contributed by atoms with Crippen molar-refractivity contribution in [3.05, 3.63) is 0 Å². The van der Waals surface area contributed by atoms with Crippen molar-refractivity contribution in [1.29, 1.82) is 0 Å². The summed E-state index contributed by atoms with van der Waals surface area (Å²) in [5.41, 5.74) is 0. The predicted molar refractivity (Wildman–Crippen MR) is 0.686 cm³/mol. The Labute approximate surface area is 81.4 Å². The summed E-state index contributed by atoms with van der Waals surface area (Å²) >= 11 is 0. The summed E-state index contributed by atoms with van der Waals surface area (Å²) in [5, 5.41) is 0. The fourth-order valence-electron chi connectivity index (χ4n) is 0. The Hall–Kier alpha value is 2.40. The second-order valence-electron chi connectivity index (χ2n) is 0. The molecule has 0 atom stereocenters. The Balaban J connectivity index is 0. The molecule has 0 amide bonds. The summed E-state index contributed by atoms with van der Waals surface area (Å²) in [6.45, 7) is 0. The molecule has 0 fully saturated rings. The molecule has 2 radical (unpaired) electrons. The molecule has 0 rings (SSSR count). The van der Waals surface area contributed by atoms with Gasteiger partial charge in [-0.15, -0.1) is 0 Å². The fourth-order valence-corrected chi connectivity index (χ4v) is 0. The third kappa shape index (κ3) is 21.5. The minimum absolute atomic E-state index is 0. The normalized spacial score (nSPS) is 0. The maximum absolute atomic E-state index is 0. The maximum atomic E-state index is 0. The molecule has 0 aliphatic carbocycles. The van der Waals surface area contributed by atoms with Crippen LogP contribution >= 0.6 is 0 Å². The Morgan fingerprint density at radius 1 is 1.00 bits per heavy atom. The van der Waals surface area contributed by atoms with E-state index >= 15 is 0 Å². The molecule has 26 valence electrons. The molecule has 0 N–H and O–H groups in total. The van der Waals surface area contributed by atoms with Gasteiger partial charge in [-0.25, -0.2) is 0 Å². The molecule has 0 spiro atoms. The van der Waals surface area contributed by atoms with Crippen LogP contribution < -0.4 is 0 Å². The zero-order valence-electron chi connectivity index (χ0n) is 1.97. The van der Waals surface area contributed by atoms with Gasteiger partial charge in [0.25, 0.3) is 0 Å². The molecule has 0 aromatic carbocycles. The van der Waals surface area contributed by atoms with Crippen molar-refractivity contribution in [3.63, 3.8) is 0 Å². The average Bonchev–Trinajstić information content (AvgIpc) is 0. The van der Waals surface area contributed by atoms with Crippen molar-refractivity contribution in [2.45, 2.75) is 0 Å². The molecular formula is CoCrOPtTi+9. The van der Waals surface area contributed by atoms with E-state index in [-0.39, 0.29) is 82.4 Å². The molecule has 0 heterocycles.